The summed E-state index contributed by atoms with van der Waals surface area (Å²) >= 11 is 0. The summed E-state index contributed by atoms with van der Waals surface area (Å²) in [5, 5.41) is 0. The van der Waals surface area contributed by atoms with E-state index in [0.717, 1.165) is 0 Å². The molecule has 0 saturated heterocycles. The molecule has 7 nitrogen and oxygen atoms in total. The van der Waals surface area contributed by atoms with E-state index in [1.165, 1.54) is 14.2 Å². The Labute approximate surface area is 109 Å². The van der Waals surface area contributed by atoms with Crippen molar-refractivity contribution in [1.29, 1.82) is 0 Å². The van der Waals surface area contributed by atoms with Crippen molar-refractivity contribution < 1.29 is 19.0 Å². The average Bonchev–Trinajstić information content (AvgIpc) is 2.72. The van der Waals surface area contributed by atoms with E-state index >= 15 is 0 Å². The molecule has 1 heterocycles. The Morgan fingerprint density at radius 2 is 1.89 bits per heavy atom. The lowest BCUT2D eigenvalue weighted by Crippen LogP contribution is -2.13. The van der Waals surface area contributed by atoms with Crippen molar-refractivity contribution in [1.82, 2.24) is 9.55 Å². The van der Waals surface area contributed by atoms with Crippen LogP contribution in [-0.2, 0) is 16.1 Å². The molecule has 1 aromatic heterocycles. The number of methoxy groups -OCH3 is 3. The molecule has 1 aromatic carbocycles. The highest BCUT2D eigenvalue weighted by molar-refractivity contribution is 5.84. The number of imidazole rings is 1. The molecule has 0 radical (unpaired) electrons. The maximum Gasteiger partial charge on any atom is 0.325 e. The number of benzene rings is 1. The van der Waals surface area contributed by atoms with Crippen LogP contribution in [0.15, 0.2) is 12.1 Å². The summed E-state index contributed by atoms with van der Waals surface area (Å²) < 4.78 is 16.6. The molecule has 19 heavy (non-hydrogen) atoms. The molecule has 2 N–H and O–H groups in total. The van der Waals surface area contributed by atoms with Gasteiger partial charge in [0.1, 0.15) is 6.54 Å². The number of ether oxygens (including phenoxy) is 3. The fourth-order valence-electron chi connectivity index (χ4n) is 1.83. The van der Waals surface area contributed by atoms with Crippen LogP contribution in [0.1, 0.15) is 0 Å². The van der Waals surface area contributed by atoms with Gasteiger partial charge in [-0.05, 0) is 0 Å². The Balaban J connectivity index is 2.58. The third-order valence-corrected chi connectivity index (χ3v) is 2.80. The van der Waals surface area contributed by atoms with Gasteiger partial charge in [0.2, 0.25) is 5.95 Å². The second-order valence-corrected chi connectivity index (χ2v) is 3.83. The third kappa shape index (κ3) is 2.26. The predicted molar refractivity (Wildman–Crippen MR) is 69.3 cm³/mol. The molecule has 0 amide bonds. The fraction of sp³-hybridized carbons (Fsp3) is 0.333. The lowest BCUT2D eigenvalue weighted by Gasteiger charge is -2.08. The smallest absolute Gasteiger partial charge is 0.325 e. The minimum atomic E-state index is -0.402. The number of nitrogens with two attached hydrogens (primary N) is 1. The molecule has 102 valence electrons. The molecule has 2 aromatic rings. The molecule has 7 heteroatoms. The number of hydrogen-bond donors (Lipinski definition) is 1. The van der Waals surface area contributed by atoms with E-state index < -0.39 is 5.97 Å². The van der Waals surface area contributed by atoms with Gasteiger partial charge in [-0.2, -0.15) is 0 Å². The zero-order valence-electron chi connectivity index (χ0n) is 11.0. The molecule has 0 saturated carbocycles. The van der Waals surface area contributed by atoms with Gasteiger partial charge < -0.3 is 19.9 Å². The standard InChI is InChI=1S/C12H15N3O4/c1-17-9-4-7-8(5-10(9)18-2)15(12(13)14-7)6-11(16)19-3/h4-5H,6H2,1-3H3,(H2,13,14). The van der Waals surface area contributed by atoms with Crippen LogP contribution in [0.2, 0.25) is 0 Å². The van der Waals surface area contributed by atoms with Gasteiger partial charge in [0.25, 0.3) is 0 Å². The normalized spacial score (nSPS) is 10.5. The van der Waals surface area contributed by atoms with E-state index in [0.29, 0.717) is 22.5 Å². The van der Waals surface area contributed by atoms with E-state index in [1.54, 1.807) is 23.8 Å². The van der Waals surface area contributed by atoms with Gasteiger partial charge in [0.05, 0.1) is 32.4 Å². The van der Waals surface area contributed by atoms with Crippen molar-refractivity contribution in [2.75, 3.05) is 27.1 Å². The number of nitrogen functional groups attached to an aromatic ring is 1. The number of rotatable bonds is 4. The zero-order valence-corrected chi connectivity index (χ0v) is 11.0. The van der Waals surface area contributed by atoms with Gasteiger partial charge in [-0.25, -0.2) is 4.98 Å². The van der Waals surface area contributed by atoms with Crippen molar-refractivity contribution in [3.63, 3.8) is 0 Å². The summed E-state index contributed by atoms with van der Waals surface area (Å²) in [5.41, 5.74) is 7.11. The summed E-state index contributed by atoms with van der Waals surface area (Å²) in [5.74, 6) is 0.926. The van der Waals surface area contributed by atoms with Gasteiger partial charge in [0, 0.05) is 12.1 Å². The highest BCUT2D eigenvalue weighted by Gasteiger charge is 2.15. The molecule has 0 aliphatic rings. The number of esters is 1. The molecule has 0 aliphatic carbocycles. The number of carbonyl (C=O) groups is 1. The van der Waals surface area contributed by atoms with Gasteiger partial charge in [-0.3, -0.25) is 9.36 Å². The molecule has 0 fully saturated rings. The number of hydrogen-bond acceptors (Lipinski definition) is 6. The molecule has 0 aliphatic heterocycles. The van der Waals surface area contributed by atoms with Crippen molar-refractivity contribution in [3.05, 3.63) is 12.1 Å². The summed E-state index contributed by atoms with van der Waals surface area (Å²) in [6.07, 6.45) is 0. The maximum absolute atomic E-state index is 11.4. The highest BCUT2D eigenvalue weighted by atomic mass is 16.5. The second-order valence-electron chi connectivity index (χ2n) is 3.83. The van der Waals surface area contributed by atoms with Crippen LogP contribution >= 0.6 is 0 Å². The molecule has 0 bridgehead atoms. The minimum Gasteiger partial charge on any atom is -0.493 e. The van der Waals surface area contributed by atoms with Crippen LogP contribution in [0.3, 0.4) is 0 Å². The van der Waals surface area contributed by atoms with Crippen molar-refractivity contribution in [2.45, 2.75) is 6.54 Å². The Hall–Kier alpha value is -2.44. The SMILES string of the molecule is COC(=O)Cn1c(N)nc2cc(OC)c(OC)cc21. The lowest BCUT2D eigenvalue weighted by molar-refractivity contribution is -0.141. The summed E-state index contributed by atoms with van der Waals surface area (Å²) in [6, 6.07) is 3.43. The van der Waals surface area contributed by atoms with Crippen LogP contribution in [-0.4, -0.2) is 36.8 Å². The van der Waals surface area contributed by atoms with Gasteiger partial charge in [-0.1, -0.05) is 0 Å². The zero-order chi connectivity index (χ0) is 14.0. The summed E-state index contributed by atoms with van der Waals surface area (Å²) in [7, 11) is 4.40. The van der Waals surface area contributed by atoms with Crippen LogP contribution in [0.4, 0.5) is 5.95 Å². The maximum atomic E-state index is 11.4. The first-order valence-electron chi connectivity index (χ1n) is 5.55. The molecule has 0 spiro atoms. The van der Waals surface area contributed by atoms with E-state index in [-0.39, 0.29) is 12.5 Å². The summed E-state index contributed by atoms with van der Waals surface area (Å²) in [4.78, 5) is 15.6. The van der Waals surface area contributed by atoms with Crippen molar-refractivity contribution in [3.8, 4) is 11.5 Å². The number of nitrogens with zero attached hydrogens (tertiary/aromatic N) is 2. The first-order chi connectivity index (χ1) is 9.10. The number of carbonyl (C=O) groups excluding carboxylic acids is 1. The molecule has 0 atom stereocenters. The first kappa shape index (κ1) is 13.0. The Morgan fingerprint density at radius 3 is 2.47 bits per heavy atom. The monoisotopic (exact) mass is 265 g/mol. The minimum absolute atomic E-state index is 0.00564. The number of anilines is 1. The quantitative estimate of drug-likeness (QED) is 0.823. The third-order valence-electron chi connectivity index (χ3n) is 2.80. The molecular formula is C12H15N3O4. The molecular weight excluding hydrogens is 250 g/mol. The van der Waals surface area contributed by atoms with Gasteiger partial charge >= 0.3 is 5.97 Å². The predicted octanol–water partition coefficient (Wildman–Crippen LogP) is 0.809. The van der Waals surface area contributed by atoms with Crippen LogP contribution in [0.5, 0.6) is 11.5 Å². The Kier molecular flexibility index (Phi) is 3.46. The van der Waals surface area contributed by atoms with Crippen molar-refractivity contribution >= 4 is 23.0 Å². The number of fused-ring (bicyclic) bond motifs is 1. The van der Waals surface area contributed by atoms with E-state index in [9.17, 15) is 4.79 Å². The summed E-state index contributed by atoms with van der Waals surface area (Å²) in [6.45, 7) is -0.00564. The Bertz CT molecular complexity index is 621. The van der Waals surface area contributed by atoms with Gasteiger partial charge in [0.15, 0.2) is 11.5 Å². The topological polar surface area (TPSA) is 88.6 Å². The highest BCUT2D eigenvalue weighted by Crippen LogP contribution is 2.32. The fourth-order valence-corrected chi connectivity index (χ4v) is 1.83. The van der Waals surface area contributed by atoms with Crippen LogP contribution in [0.25, 0.3) is 11.0 Å². The lowest BCUT2D eigenvalue weighted by atomic mass is 10.2. The van der Waals surface area contributed by atoms with Crippen molar-refractivity contribution in [2.24, 2.45) is 0 Å². The van der Waals surface area contributed by atoms with E-state index in [1.807, 2.05) is 0 Å². The van der Waals surface area contributed by atoms with E-state index in [2.05, 4.69) is 9.72 Å². The average molecular weight is 265 g/mol. The molecule has 0 unspecified atom stereocenters. The first-order valence-corrected chi connectivity index (χ1v) is 5.55. The Morgan fingerprint density at radius 1 is 1.26 bits per heavy atom. The van der Waals surface area contributed by atoms with Crippen LogP contribution < -0.4 is 15.2 Å². The molecule has 2 rings (SSSR count). The van der Waals surface area contributed by atoms with Gasteiger partial charge in [-0.15, -0.1) is 0 Å². The second kappa shape index (κ2) is 5.05. The largest absolute Gasteiger partial charge is 0.493 e. The number of aromatic nitrogens is 2. The van der Waals surface area contributed by atoms with E-state index in [4.69, 9.17) is 15.2 Å². The van der Waals surface area contributed by atoms with Crippen LogP contribution in [0, 0.1) is 0 Å².